The number of benzene rings is 2. The van der Waals surface area contributed by atoms with Crippen LogP contribution in [0.4, 0.5) is 10.5 Å². The Morgan fingerprint density at radius 1 is 1.10 bits per heavy atom. The minimum Gasteiger partial charge on any atom is -0.387 e. The number of urea groups is 1. The number of anilines is 1. The minimum atomic E-state index is -0.711. The number of carbonyl (C=O) groups excluding carboxylic acids is 1. The lowest BCUT2D eigenvalue weighted by Gasteiger charge is -2.13. The van der Waals surface area contributed by atoms with E-state index in [9.17, 15) is 9.90 Å². The number of nitrogens with one attached hydrogen (secondary N) is 2. The van der Waals surface area contributed by atoms with Crippen LogP contribution in [0.2, 0.25) is 0 Å². The van der Waals surface area contributed by atoms with Gasteiger partial charge in [-0.2, -0.15) is 0 Å². The molecule has 0 saturated heterocycles. The van der Waals surface area contributed by atoms with Gasteiger partial charge in [0, 0.05) is 12.2 Å². The van der Waals surface area contributed by atoms with Crippen LogP contribution in [-0.4, -0.2) is 17.7 Å². The highest BCUT2D eigenvalue weighted by atomic mass is 16.3. The molecule has 4 nitrogen and oxygen atoms in total. The molecule has 0 aliphatic heterocycles. The van der Waals surface area contributed by atoms with Gasteiger partial charge in [-0.15, -0.1) is 0 Å². The van der Waals surface area contributed by atoms with E-state index in [1.807, 2.05) is 49.4 Å². The van der Waals surface area contributed by atoms with Gasteiger partial charge in [0.15, 0.2) is 0 Å². The highest BCUT2D eigenvalue weighted by Crippen LogP contribution is 2.12. The van der Waals surface area contributed by atoms with E-state index in [2.05, 4.69) is 10.6 Å². The molecule has 0 aliphatic rings. The van der Waals surface area contributed by atoms with Crippen LogP contribution in [0.5, 0.6) is 0 Å². The first-order valence-electron chi connectivity index (χ1n) is 6.49. The van der Waals surface area contributed by atoms with Crippen molar-refractivity contribution >= 4 is 11.7 Å². The molecule has 4 heteroatoms. The van der Waals surface area contributed by atoms with Gasteiger partial charge in [0.25, 0.3) is 0 Å². The number of aliphatic hydroxyl groups excluding tert-OH is 1. The number of hydrogen-bond donors (Lipinski definition) is 3. The third-order valence-corrected chi connectivity index (χ3v) is 2.95. The standard InChI is InChI=1S/C16H18N2O2/c1-12-7-9-13(10-8-12)15(19)11-17-16(20)18-14-5-3-2-4-6-14/h2-10,15,19H,11H2,1H3,(H2,17,18,20)/t15-/m0/s1. The number of carbonyl (C=O) groups is 1. The first-order valence-corrected chi connectivity index (χ1v) is 6.49. The highest BCUT2D eigenvalue weighted by Gasteiger charge is 2.09. The monoisotopic (exact) mass is 270 g/mol. The third kappa shape index (κ3) is 4.10. The molecule has 2 rings (SSSR count). The van der Waals surface area contributed by atoms with Crippen LogP contribution >= 0.6 is 0 Å². The van der Waals surface area contributed by atoms with Crippen molar-refractivity contribution in [2.45, 2.75) is 13.0 Å². The fourth-order valence-electron chi connectivity index (χ4n) is 1.79. The summed E-state index contributed by atoms with van der Waals surface area (Å²) in [5, 5.41) is 15.3. The van der Waals surface area contributed by atoms with Gasteiger partial charge in [0.1, 0.15) is 0 Å². The van der Waals surface area contributed by atoms with E-state index in [1.165, 1.54) is 0 Å². The van der Waals surface area contributed by atoms with E-state index in [1.54, 1.807) is 12.1 Å². The molecule has 0 aliphatic carbocycles. The predicted octanol–water partition coefficient (Wildman–Crippen LogP) is 2.85. The SMILES string of the molecule is Cc1ccc([C@@H](O)CNC(=O)Nc2ccccc2)cc1. The van der Waals surface area contributed by atoms with Crippen molar-refractivity contribution in [3.8, 4) is 0 Å². The molecule has 0 saturated carbocycles. The van der Waals surface area contributed by atoms with Crippen molar-refractivity contribution in [2.24, 2.45) is 0 Å². The lowest BCUT2D eigenvalue weighted by atomic mass is 10.1. The second-order valence-electron chi connectivity index (χ2n) is 4.63. The van der Waals surface area contributed by atoms with Crippen LogP contribution in [-0.2, 0) is 0 Å². The Kier molecular flexibility index (Phi) is 4.74. The van der Waals surface area contributed by atoms with Crippen LogP contribution in [0, 0.1) is 6.92 Å². The molecule has 20 heavy (non-hydrogen) atoms. The second kappa shape index (κ2) is 6.73. The first kappa shape index (κ1) is 14.1. The quantitative estimate of drug-likeness (QED) is 0.800. The van der Waals surface area contributed by atoms with Crippen LogP contribution in [0.1, 0.15) is 17.2 Å². The zero-order valence-electron chi connectivity index (χ0n) is 11.3. The summed E-state index contributed by atoms with van der Waals surface area (Å²) >= 11 is 0. The summed E-state index contributed by atoms with van der Waals surface area (Å²) in [6.45, 7) is 2.16. The molecule has 1 atom stereocenters. The zero-order chi connectivity index (χ0) is 14.4. The average molecular weight is 270 g/mol. The molecule has 0 fully saturated rings. The Labute approximate surface area is 118 Å². The van der Waals surface area contributed by atoms with E-state index in [-0.39, 0.29) is 12.6 Å². The third-order valence-electron chi connectivity index (χ3n) is 2.95. The van der Waals surface area contributed by atoms with Crippen molar-refractivity contribution in [3.63, 3.8) is 0 Å². The van der Waals surface area contributed by atoms with Crippen LogP contribution in [0.3, 0.4) is 0 Å². The zero-order valence-corrected chi connectivity index (χ0v) is 11.3. The number of amides is 2. The highest BCUT2D eigenvalue weighted by molar-refractivity contribution is 5.89. The van der Waals surface area contributed by atoms with E-state index >= 15 is 0 Å². The molecule has 104 valence electrons. The summed E-state index contributed by atoms with van der Waals surface area (Å²) in [6, 6.07) is 16.4. The lowest BCUT2D eigenvalue weighted by molar-refractivity contribution is 0.175. The summed E-state index contributed by atoms with van der Waals surface area (Å²) in [5.41, 5.74) is 2.64. The number of hydrogen-bond acceptors (Lipinski definition) is 2. The number of rotatable bonds is 4. The molecule has 3 N–H and O–H groups in total. The molecular weight excluding hydrogens is 252 g/mol. The maximum atomic E-state index is 11.7. The second-order valence-corrected chi connectivity index (χ2v) is 4.63. The summed E-state index contributed by atoms with van der Waals surface area (Å²) in [4.78, 5) is 11.7. The normalized spacial score (nSPS) is 11.7. The Bertz CT molecular complexity index is 552. The van der Waals surface area contributed by atoms with Crippen LogP contribution in [0.15, 0.2) is 54.6 Å². The Morgan fingerprint density at radius 3 is 2.40 bits per heavy atom. The van der Waals surface area contributed by atoms with Crippen molar-refractivity contribution in [1.29, 1.82) is 0 Å². The molecule has 2 amide bonds. The summed E-state index contributed by atoms with van der Waals surface area (Å²) < 4.78 is 0. The summed E-state index contributed by atoms with van der Waals surface area (Å²) in [5.74, 6) is 0. The van der Waals surface area contributed by atoms with Gasteiger partial charge in [-0.25, -0.2) is 4.79 Å². The largest absolute Gasteiger partial charge is 0.387 e. The van der Waals surface area contributed by atoms with Gasteiger partial charge < -0.3 is 15.7 Å². The molecule has 0 heterocycles. The van der Waals surface area contributed by atoms with E-state index in [0.29, 0.717) is 0 Å². The average Bonchev–Trinajstić information content (AvgIpc) is 2.46. The molecule has 2 aromatic carbocycles. The van der Waals surface area contributed by atoms with Gasteiger partial charge in [0.05, 0.1) is 6.10 Å². The van der Waals surface area contributed by atoms with Crippen LogP contribution < -0.4 is 10.6 Å². The minimum absolute atomic E-state index is 0.168. The fraction of sp³-hybridized carbons (Fsp3) is 0.188. The van der Waals surface area contributed by atoms with Crippen molar-refractivity contribution < 1.29 is 9.90 Å². The molecule has 0 radical (unpaired) electrons. The van der Waals surface area contributed by atoms with Gasteiger partial charge in [-0.3, -0.25) is 0 Å². The summed E-state index contributed by atoms with van der Waals surface area (Å²) in [7, 11) is 0. The van der Waals surface area contributed by atoms with Crippen molar-refractivity contribution in [3.05, 3.63) is 65.7 Å². The van der Waals surface area contributed by atoms with Gasteiger partial charge in [-0.1, -0.05) is 48.0 Å². The number of para-hydroxylation sites is 1. The van der Waals surface area contributed by atoms with E-state index < -0.39 is 6.10 Å². The predicted molar refractivity (Wildman–Crippen MR) is 79.6 cm³/mol. The Morgan fingerprint density at radius 2 is 1.75 bits per heavy atom. The number of aryl methyl sites for hydroxylation is 1. The smallest absolute Gasteiger partial charge is 0.319 e. The topological polar surface area (TPSA) is 61.4 Å². The van der Waals surface area contributed by atoms with Gasteiger partial charge in [-0.05, 0) is 24.6 Å². The van der Waals surface area contributed by atoms with Crippen molar-refractivity contribution in [1.82, 2.24) is 5.32 Å². The molecule has 0 aromatic heterocycles. The van der Waals surface area contributed by atoms with E-state index in [4.69, 9.17) is 0 Å². The lowest BCUT2D eigenvalue weighted by Crippen LogP contribution is -2.32. The maximum Gasteiger partial charge on any atom is 0.319 e. The summed E-state index contributed by atoms with van der Waals surface area (Å²) in [6.07, 6.45) is -0.711. The molecule has 0 unspecified atom stereocenters. The van der Waals surface area contributed by atoms with Crippen molar-refractivity contribution in [2.75, 3.05) is 11.9 Å². The Balaban J connectivity index is 1.82. The van der Waals surface area contributed by atoms with E-state index in [0.717, 1.165) is 16.8 Å². The number of aliphatic hydroxyl groups is 1. The molecule has 2 aromatic rings. The fourth-order valence-corrected chi connectivity index (χ4v) is 1.79. The molecular formula is C16H18N2O2. The first-order chi connectivity index (χ1) is 9.65. The van der Waals surface area contributed by atoms with Gasteiger partial charge in [0.2, 0.25) is 0 Å². The molecule has 0 spiro atoms. The maximum absolute atomic E-state index is 11.7. The Hall–Kier alpha value is -2.33. The molecule has 0 bridgehead atoms. The van der Waals surface area contributed by atoms with Gasteiger partial charge >= 0.3 is 6.03 Å². The van der Waals surface area contributed by atoms with Crippen LogP contribution in [0.25, 0.3) is 0 Å².